The van der Waals surface area contributed by atoms with E-state index in [2.05, 4.69) is 33.0 Å². The molecule has 2 rings (SSSR count). The van der Waals surface area contributed by atoms with Crippen molar-refractivity contribution in [1.29, 1.82) is 0 Å². The highest BCUT2D eigenvalue weighted by Gasteiger charge is 2.15. The number of nitrogens with one attached hydrogen (secondary N) is 1. The Morgan fingerprint density at radius 2 is 2.11 bits per heavy atom. The van der Waals surface area contributed by atoms with E-state index >= 15 is 0 Å². The van der Waals surface area contributed by atoms with Crippen molar-refractivity contribution in [3.63, 3.8) is 0 Å². The average molecular weight is 408 g/mol. The number of hydrogen-bond acceptors (Lipinski definition) is 3. The van der Waals surface area contributed by atoms with Gasteiger partial charge in [0.05, 0.1) is 11.1 Å². The van der Waals surface area contributed by atoms with Crippen LogP contribution in [0.25, 0.3) is 0 Å². The molecule has 0 amide bonds. The summed E-state index contributed by atoms with van der Waals surface area (Å²) in [6.07, 6.45) is 4.03. The van der Waals surface area contributed by atoms with Crippen LogP contribution in [0, 0.1) is 3.57 Å². The molecule has 2 aromatic rings. The molecule has 1 aromatic carbocycles. The SMILES string of the molecule is NNC(Cc1ccncc1Cl)c1cc(Cl)ccc1I. The van der Waals surface area contributed by atoms with Gasteiger partial charge in [-0.1, -0.05) is 23.2 Å². The lowest BCUT2D eigenvalue weighted by atomic mass is 10.00. The van der Waals surface area contributed by atoms with Gasteiger partial charge in [-0.25, -0.2) is 0 Å². The Morgan fingerprint density at radius 3 is 2.79 bits per heavy atom. The fourth-order valence-electron chi connectivity index (χ4n) is 1.83. The molecule has 0 saturated heterocycles. The minimum atomic E-state index is -0.0505. The van der Waals surface area contributed by atoms with E-state index in [1.54, 1.807) is 12.4 Å². The Hall–Kier alpha value is -0.400. The van der Waals surface area contributed by atoms with Crippen LogP contribution in [0.5, 0.6) is 0 Å². The van der Waals surface area contributed by atoms with Crippen LogP contribution in [0.4, 0.5) is 0 Å². The van der Waals surface area contributed by atoms with Crippen LogP contribution < -0.4 is 11.3 Å². The highest BCUT2D eigenvalue weighted by Crippen LogP contribution is 2.27. The molecule has 1 heterocycles. The van der Waals surface area contributed by atoms with Gasteiger partial charge in [0, 0.05) is 21.0 Å². The molecule has 1 atom stereocenters. The minimum absolute atomic E-state index is 0.0505. The Kier molecular flexibility index (Phi) is 5.41. The van der Waals surface area contributed by atoms with Crippen LogP contribution in [0.2, 0.25) is 10.0 Å². The molecular formula is C13H12Cl2IN3. The molecule has 0 fully saturated rings. The Balaban J connectivity index is 2.30. The van der Waals surface area contributed by atoms with Crippen molar-refractivity contribution in [3.05, 3.63) is 61.4 Å². The van der Waals surface area contributed by atoms with Gasteiger partial charge in [0.2, 0.25) is 0 Å². The molecule has 0 aliphatic carbocycles. The summed E-state index contributed by atoms with van der Waals surface area (Å²) in [6.45, 7) is 0. The standard InChI is InChI=1S/C13H12Cl2IN3/c14-9-1-2-12(16)10(6-9)13(19-17)5-8-3-4-18-7-11(8)15/h1-4,6-7,13,19H,5,17H2. The molecule has 0 aliphatic heterocycles. The summed E-state index contributed by atoms with van der Waals surface area (Å²) in [5.74, 6) is 5.67. The smallest absolute Gasteiger partial charge is 0.0622 e. The van der Waals surface area contributed by atoms with Crippen molar-refractivity contribution >= 4 is 45.8 Å². The Bertz CT molecular complexity index is 578. The van der Waals surface area contributed by atoms with Crippen molar-refractivity contribution in [2.24, 2.45) is 5.84 Å². The van der Waals surface area contributed by atoms with Crippen molar-refractivity contribution in [1.82, 2.24) is 10.4 Å². The first-order chi connectivity index (χ1) is 9.11. The second-order valence-electron chi connectivity index (χ2n) is 4.06. The lowest BCUT2D eigenvalue weighted by molar-refractivity contribution is 0.549. The summed E-state index contributed by atoms with van der Waals surface area (Å²) in [5, 5.41) is 1.33. The predicted octanol–water partition coefficient (Wildman–Crippen LogP) is 3.74. The molecule has 100 valence electrons. The number of nitrogens with zero attached hydrogens (tertiary/aromatic N) is 1. The molecule has 0 bridgehead atoms. The maximum Gasteiger partial charge on any atom is 0.0622 e. The van der Waals surface area contributed by atoms with Crippen molar-refractivity contribution in [2.45, 2.75) is 12.5 Å². The van der Waals surface area contributed by atoms with Gasteiger partial charge in [0.1, 0.15) is 0 Å². The van der Waals surface area contributed by atoms with E-state index in [1.165, 1.54) is 0 Å². The number of hydrogen-bond donors (Lipinski definition) is 2. The summed E-state index contributed by atoms with van der Waals surface area (Å²) in [6, 6.07) is 7.59. The first-order valence-corrected chi connectivity index (χ1v) is 7.44. The predicted molar refractivity (Wildman–Crippen MR) is 87.2 cm³/mol. The monoisotopic (exact) mass is 407 g/mol. The van der Waals surface area contributed by atoms with E-state index < -0.39 is 0 Å². The highest BCUT2D eigenvalue weighted by atomic mass is 127. The number of halogens is 3. The summed E-state index contributed by atoms with van der Waals surface area (Å²) in [7, 11) is 0. The van der Waals surface area contributed by atoms with Gasteiger partial charge in [-0.15, -0.1) is 0 Å². The number of hydrazine groups is 1. The fraction of sp³-hybridized carbons (Fsp3) is 0.154. The molecule has 3 N–H and O–H groups in total. The number of pyridine rings is 1. The second-order valence-corrected chi connectivity index (χ2v) is 6.06. The van der Waals surface area contributed by atoms with Gasteiger partial charge >= 0.3 is 0 Å². The summed E-state index contributed by atoms with van der Waals surface area (Å²) >= 11 is 14.4. The number of nitrogens with two attached hydrogens (primary N) is 1. The zero-order chi connectivity index (χ0) is 13.8. The van der Waals surface area contributed by atoms with Crippen LogP contribution in [-0.4, -0.2) is 4.98 Å². The zero-order valence-electron chi connectivity index (χ0n) is 9.91. The number of rotatable bonds is 4. The van der Waals surface area contributed by atoms with Crippen LogP contribution in [0.3, 0.4) is 0 Å². The van der Waals surface area contributed by atoms with Gasteiger partial charge in [-0.3, -0.25) is 16.3 Å². The van der Waals surface area contributed by atoms with E-state index in [4.69, 9.17) is 29.0 Å². The molecule has 0 radical (unpaired) electrons. The van der Waals surface area contributed by atoms with Crippen LogP contribution in [0.15, 0.2) is 36.7 Å². The van der Waals surface area contributed by atoms with Gasteiger partial charge in [0.15, 0.2) is 0 Å². The van der Waals surface area contributed by atoms with Gasteiger partial charge in [-0.05, 0) is 64.4 Å². The third-order valence-corrected chi connectivity index (χ3v) is 4.37. The Labute approximate surface area is 135 Å². The number of aromatic nitrogens is 1. The molecule has 1 unspecified atom stereocenters. The van der Waals surface area contributed by atoms with Crippen molar-refractivity contribution in [2.75, 3.05) is 0 Å². The summed E-state index contributed by atoms with van der Waals surface area (Å²) in [5.41, 5.74) is 4.87. The molecule has 3 nitrogen and oxygen atoms in total. The first-order valence-electron chi connectivity index (χ1n) is 5.61. The maximum atomic E-state index is 6.12. The summed E-state index contributed by atoms with van der Waals surface area (Å²) < 4.78 is 1.11. The topological polar surface area (TPSA) is 50.9 Å². The van der Waals surface area contributed by atoms with Crippen LogP contribution in [0.1, 0.15) is 17.2 Å². The van der Waals surface area contributed by atoms with Gasteiger partial charge in [-0.2, -0.15) is 0 Å². The first kappa shape index (κ1) is 15.0. The maximum absolute atomic E-state index is 6.12. The van der Waals surface area contributed by atoms with E-state index in [0.717, 1.165) is 14.7 Å². The van der Waals surface area contributed by atoms with Gasteiger partial charge < -0.3 is 0 Å². The zero-order valence-corrected chi connectivity index (χ0v) is 13.6. The fourth-order valence-corrected chi connectivity index (χ4v) is 2.92. The minimum Gasteiger partial charge on any atom is -0.271 e. The van der Waals surface area contributed by atoms with Crippen molar-refractivity contribution in [3.8, 4) is 0 Å². The third kappa shape index (κ3) is 3.79. The van der Waals surface area contributed by atoms with E-state index in [1.807, 2.05) is 24.3 Å². The quantitative estimate of drug-likeness (QED) is 0.461. The second kappa shape index (κ2) is 6.85. The lowest BCUT2D eigenvalue weighted by Gasteiger charge is -2.18. The van der Waals surface area contributed by atoms with Gasteiger partial charge in [0.25, 0.3) is 0 Å². The highest BCUT2D eigenvalue weighted by molar-refractivity contribution is 14.1. The average Bonchev–Trinajstić information content (AvgIpc) is 2.41. The molecule has 19 heavy (non-hydrogen) atoms. The Morgan fingerprint density at radius 1 is 1.32 bits per heavy atom. The third-order valence-electron chi connectivity index (χ3n) is 2.82. The van der Waals surface area contributed by atoms with Crippen molar-refractivity contribution < 1.29 is 0 Å². The van der Waals surface area contributed by atoms with E-state index in [0.29, 0.717) is 16.5 Å². The molecular weight excluding hydrogens is 396 g/mol. The molecule has 1 aromatic heterocycles. The molecule has 6 heteroatoms. The molecule has 0 spiro atoms. The largest absolute Gasteiger partial charge is 0.271 e. The molecule has 0 aliphatic rings. The normalized spacial score (nSPS) is 12.4. The van der Waals surface area contributed by atoms with Crippen LogP contribution >= 0.6 is 45.8 Å². The van der Waals surface area contributed by atoms with Crippen LogP contribution in [-0.2, 0) is 6.42 Å². The lowest BCUT2D eigenvalue weighted by Crippen LogP contribution is -2.30. The summed E-state index contributed by atoms with van der Waals surface area (Å²) in [4.78, 5) is 3.98. The number of benzene rings is 1. The van der Waals surface area contributed by atoms with E-state index in [-0.39, 0.29) is 6.04 Å². The molecule has 0 saturated carbocycles. The van der Waals surface area contributed by atoms with E-state index in [9.17, 15) is 0 Å².